The van der Waals surface area contributed by atoms with Gasteiger partial charge in [0.15, 0.2) is 5.96 Å². The van der Waals surface area contributed by atoms with E-state index in [9.17, 15) is 0 Å². The molecule has 110 valence electrons. The zero-order chi connectivity index (χ0) is 13.3. The average molecular weight is 286 g/mol. The van der Waals surface area contributed by atoms with Crippen molar-refractivity contribution in [3.05, 3.63) is 0 Å². The molecule has 0 radical (unpaired) electrons. The van der Waals surface area contributed by atoms with Crippen LogP contribution < -0.4 is 5.73 Å². The zero-order valence-electron chi connectivity index (χ0n) is 11.7. The van der Waals surface area contributed by atoms with Crippen LogP contribution in [-0.4, -0.2) is 79.7 Å². The quantitative estimate of drug-likeness (QED) is 0.452. The highest BCUT2D eigenvalue weighted by molar-refractivity contribution is 7.99. The summed E-state index contributed by atoms with van der Waals surface area (Å²) in [6, 6.07) is 0. The highest BCUT2D eigenvalue weighted by atomic mass is 32.2. The predicted octanol–water partition coefficient (Wildman–Crippen LogP) is 0.462. The molecule has 0 unspecified atom stereocenters. The summed E-state index contributed by atoms with van der Waals surface area (Å²) in [6.45, 7) is 8.06. The average Bonchev–Trinajstić information content (AvgIpc) is 2.49. The van der Waals surface area contributed by atoms with E-state index in [4.69, 9.17) is 10.5 Å². The predicted molar refractivity (Wildman–Crippen MR) is 81.9 cm³/mol. The summed E-state index contributed by atoms with van der Waals surface area (Å²) in [4.78, 5) is 9.18. The fourth-order valence-corrected chi connectivity index (χ4v) is 3.26. The monoisotopic (exact) mass is 286 g/mol. The van der Waals surface area contributed by atoms with Gasteiger partial charge in [0.05, 0.1) is 13.2 Å². The summed E-state index contributed by atoms with van der Waals surface area (Å²) in [5.41, 5.74) is 6.01. The molecule has 2 N–H and O–H groups in total. The van der Waals surface area contributed by atoms with Crippen LogP contribution in [0.3, 0.4) is 0 Å². The van der Waals surface area contributed by atoms with E-state index in [0.29, 0.717) is 0 Å². The molecule has 0 saturated carbocycles. The summed E-state index contributed by atoms with van der Waals surface area (Å²) in [7, 11) is 0. The van der Waals surface area contributed by atoms with Crippen LogP contribution >= 0.6 is 11.8 Å². The van der Waals surface area contributed by atoms with Crippen LogP contribution in [0.5, 0.6) is 0 Å². The minimum Gasteiger partial charge on any atom is -0.379 e. The Morgan fingerprint density at radius 3 is 2.58 bits per heavy atom. The Bertz CT molecular complexity index is 276. The lowest BCUT2D eigenvalue weighted by molar-refractivity contribution is 0.0373. The first kappa shape index (κ1) is 14.9. The van der Waals surface area contributed by atoms with Crippen LogP contribution in [0.15, 0.2) is 4.99 Å². The first-order valence-corrected chi connectivity index (χ1v) is 8.44. The van der Waals surface area contributed by atoms with Gasteiger partial charge < -0.3 is 15.4 Å². The minimum absolute atomic E-state index is 0.742. The number of hydrogen-bond donors (Lipinski definition) is 1. The molecule has 0 atom stereocenters. The number of nitrogens with two attached hydrogens (primary N) is 1. The molecule has 19 heavy (non-hydrogen) atoms. The maximum atomic E-state index is 6.01. The number of morpholine rings is 1. The fraction of sp³-hybridized carbons (Fsp3) is 0.923. The molecule has 2 saturated heterocycles. The summed E-state index contributed by atoms with van der Waals surface area (Å²) in [5, 5.41) is 0. The highest BCUT2D eigenvalue weighted by Gasteiger charge is 2.12. The lowest BCUT2D eigenvalue weighted by atomic mass is 10.3. The first-order valence-electron chi connectivity index (χ1n) is 7.29. The van der Waals surface area contributed by atoms with Crippen molar-refractivity contribution < 1.29 is 4.74 Å². The van der Waals surface area contributed by atoms with Crippen molar-refractivity contribution in [1.82, 2.24) is 9.80 Å². The van der Waals surface area contributed by atoms with Crippen LogP contribution in [-0.2, 0) is 4.74 Å². The van der Waals surface area contributed by atoms with Gasteiger partial charge in [-0.2, -0.15) is 11.8 Å². The van der Waals surface area contributed by atoms with E-state index >= 15 is 0 Å². The second kappa shape index (κ2) is 8.66. The largest absolute Gasteiger partial charge is 0.379 e. The topological polar surface area (TPSA) is 54.1 Å². The number of nitrogens with zero attached hydrogens (tertiary/aromatic N) is 3. The molecular formula is C13H26N4OS. The molecule has 0 aliphatic carbocycles. The summed E-state index contributed by atoms with van der Waals surface area (Å²) in [6.07, 6.45) is 2.33. The summed E-state index contributed by atoms with van der Waals surface area (Å²) in [5.74, 6) is 3.09. The van der Waals surface area contributed by atoms with E-state index in [0.717, 1.165) is 58.3 Å². The number of hydrogen-bond acceptors (Lipinski definition) is 4. The molecule has 2 aliphatic heterocycles. The minimum atomic E-state index is 0.742. The number of aliphatic imine (C=N–C) groups is 1. The van der Waals surface area contributed by atoms with E-state index in [1.807, 2.05) is 11.8 Å². The van der Waals surface area contributed by atoms with Gasteiger partial charge in [-0.05, 0) is 19.4 Å². The number of thioether (sulfide) groups is 1. The molecule has 5 nitrogen and oxygen atoms in total. The smallest absolute Gasteiger partial charge is 0.191 e. The number of unbranched alkanes of at least 4 members (excludes halogenated alkanes) is 1. The Balaban J connectivity index is 1.54. The molecule has 0 aromatic carbocycles. The van der Waals surface area contributed by atoms with E-state index in [1.54, 1.807) is 0 Å². The number of rotatable bonds is 5. The van der Waals surface area contributed by atoms with Crippen molar-refractivity contribution >= 4 is 17.7 Å². The van der Waals surface area contributed by atoms with Crippen LogP contribution in [0.25, 0.3) is 0 Å². The third-order valence-corrected chi connectivity index (χ3v) is 4.54. The second-order valence-corrected chi connectivity index (χ2v) is 6.23. The second-order valence-electron chi connectivity index (χ2n) is 5.00. The first-order chi connectivity index (χ1) is 9.36. The van der Waals surface area contributed by atoms with Gasteiger partial charge in [-0.1, -0.05) is 0 Å². The highest BCUT2D eigenvalue weighted by Crippen LogP contribution is 2.08. The molecule has 0 aromatic heterocycles. The van der Waals surface area contributed by atoms with Crippen molar-refractivity contribution in [2.45, 2.75) is 12.8 Å². The van der Waals surface area contributed by atoms with E-state index in [1.165, 1.54) is 24.5 Å². The Morgan fingerprint density at radius 1 is 1.11 bits per heavy atom. The molecule has 2 aliphatic rings. The van der Waals surface area contributed by atoms with Gasteiger partial charge in [0.25, 0.3) is 0 Å². The summed E-state index contributed by atoms with van der Waals surface area (Å²) >= 11 is 2.00. The molecule has 0 bridgehead atoms. The van der Waals surface area contributed by atoms with Gasteiger partial charge >= 0.3 is 0 Å². The third-order valence-electron chi connectivity index (χ3n) is 3.60. The van der Waals surface area contributed by atoms with Gasteiger partial charge in [-0.15, -0.1) is 0 Å². The molecule has 0 amide bonds. The molecule has 2 rings (SSSR count). The number of guanidine groups is 1. The molecule has 0 aromatic rings. The van der Waals surface area contributed by atoms with Crippen LogP contribution in [0, 0.1) is 0 Å². The van der Waals surface area contributed by atoms with Gasteiger partial charge in [-0.3, -0.25) is 9.89 Å². The van der Waals surface area contributed by atoms with Crippen molar-refractivity contribution in [3.8, 4) is 0 Å². The Hall–Kier alpha value is -0.460. The fourth-order valence-electron chi connectivity index (χ4n) is 2.36. The molecule has 2 heterocycles. The summed E-state index contributed by atoms with van der Waals surface area (Å²) < 4.78 is 5.34. The van der Waals surface area contributed by atoms with E-state index < -0.39 is 0 Å². The third kappa shape index (κ3) is 5.58. The normalized spacial score (nSPS) is 22.7. The Kier molecular flexibility index (Phi) is 6.81. The lowest BCUT2D eigenvalue weighted by Crippen LogP contribution is -2.42. The maximum Gasteiger partial charge on any atom is 0.191 e. The number of ether oxygens (including phenoxy) is 1. The van der Waals surface area contributed by atoms with Crippen molar-refractivity contribution in [1.29, 1.82) is 0 Å². The van der Waals surface area contributed by atoms with Gasteiger partial charge in [-0.25, -0.2) is 0 Å². The van der Waals surface area contributed by atoms with Gasteiger partial charge in [0, 0.05) is 44.2 Å². The van der Waals surface area contributed by atoms with E-state index in [2.05, 4.69) is 14.8 Å². The Labute approximate surface area is 120 Å². The van der Waals surface area contributed by atoms with Crippen LogP contribution in [0.4, 0.5) is 0 Å². The molecular weight excluding hydrogens is 260 g/mol. The maximum absolute atomic E-state index is 6.01. The molecule has 0 spiro atoms. The van der Waals surface area contributed by atoms with E-state index in [-0.39, 0.29) is 0 Å². The van der Waals surface area contributed by atoms with Crippen molar-refractivity contribution in [2.24, 2.45) is 10.7 Å². The van der Waals surface area contributed by atoms with Crippen LogP contribution in [0.2, 0.25) is 0 Å². The molecule has 2 fully saturated rings. The Morgan fingerprint density at radius 2 is 1.84 bits per heavy atom. The van der Waals surface area contributed by atoms with Crippen molar-refractivity contribution in [2.75, 3.05) is 64.0 Å². The SMILES string of the molecule is NC(=NCCCCN1CCOCC1)N1CCSCC1. The lowest BCUT2D eigenvalue weighted by Gasteiger charge is -2.27. The standard InChI is InChI=1S/C13H26N4OS/c14-13(17-7-11-19-12-8-17)15-3-1-2-4-16-5-9-18-10-6-16/h1-12H2,(H2,14,15). The van der Waals surface area contributed by atoms with Crippen molar-refractivity contribution in [3.63, 3.8) is 0 Å². The van der Waals surface area contributed by atoms with Crippen LogP contribution in [0.1, 0.15) is 12.8 Å². The molecule has 6 heteroatoms. The van der Waals surface area contributed by atoms with Gasteiger partial charge in [0.2, 0.25) is 0 Å². The zero-order valence-corrected chi connectivity index (χ0v) is 12.5. The van der Waals surface area contributed by atoms with Gasteiger partial charge in [0.1, 0.15) is 0 Å².